The monoisotopic (exact) mass is 317 g/mol. The maximum absolute atomic E-state index is 12.0. The van der Waals surface area contributed by atoms with Crippen LogP contribution in [0.1, 0.15) is 15.8 Å². The first kappa shape index (κ1) is 14.0. The minimum Gasteiger partial charge on any atom is -0.394 e. The number of hydrogen-bond acceptors (Lipinski definition) is 3. The van der Waals surface area contributed by atoms with E-state index >= 15 is 0 Å². The summed E-state index contributed by atoms with van der Waals surface area (Å²) in [6.45, 7) is 0.395. The summed E-state index contributed by atoms with van der Waals surface area (Å²) >= 11 is 4.64. The van der Waals surface area contributed by atoms with Gasteiger partial charge in [0.15, 0.2) is 0 Å². The lowest BCUT2D eigenvalue weighted by atomic mass is 10.2. The summed E-state index contributed by atoms with van der Waals surface area (Å²) in [5, 5.41) is 11.3. The number of rotatable bonds is 4. The highest BCUT2D eigenvalue weighted by atomic mass is 79.9. The van der Waals surface area contributed by atoms with E-state index in [1.54, 1.807) is 6.07 Å². The molecule has 1 heterocycles. The number of aliphatic hydroxyl groups excluding tert-OH is 1. The average Bonchev–Trinajstić information content (AvgIpc) is 2.46. The molecule has 0 aliphatic heterocycles. The van der Waals surface area contributed by atoms with Crippen LogP contribution >= 0.6 is 27.3 Å². The Morgan fingerprint density at radius 2 is 2.19 bits per heavy atom. The van der Waals surface area contributed by atoms with Gasteiger partial charge in [-0.25, -0.2) is 0 Å². The van der Waals surface area contributed by atoms with Crippen molar-refractivity contribution < 1.29 is 18.3 Å². The SMILES string of the molecule is Cc1sc(C(CO)NCC(F)(F)F)cc1Br. The van der Waals surface area contributed by atoms with Gasteiger partial charge in [-0.2, -0.15) is 13.2 Å². The molecule has 0 aliphatic carbocycles. The molecule has 0 amide bonds. The van der Waals surface area contributed by atoms with Crippen molar-refractivity contribution in [3.63, 3.8) is 0 Å². The molecule has 0 saturated carbocycles. The van der Waals surface area contributed by atoms with Crippen LogP contribution in [0, 0.1) is 6.92 Å². The van der Waals surface area contributed by atoms with Gasteiger partial charge < -0.3 is 5.11 Å². The van der Waals surface area contributed by atoms with Crippen molar-refractivity contribution in [2.75, 3.05) is 13.2 Å². The maximum atomic E-state index is 12.0. The van der Waals surface area contributed by atoms with Gasteiger partial charge in [-0.05, 0) is 28.9 Å². The second-order valence-corrected chi connectivity index (χ2v) is 5.43. The largest absolute Gasteiger partial charge is 0.401 e. The minimum atomic E-state index is -4.27. The smallest absolute Gasteiger partial charge is 0.394 e. The quantitative estimate of drug-likeness (QED) is 0.894. The first-order valence-corrected chi connectivity index (χ1v) is 6.11. The molecule has 0 fully saturated rings. The van der Waals surface area contributed by atoms with Crippen LogP contribution in [-0.2, 0) is 0 Å². The molecule has 0 saturated heterocycles. The minimum absolute atomic E-state index is 0.359. The van der Waals surface area contributed by atoms with Crippen molar-refractivity contribution in [2.24, 2.45) is 0 Å². The summed E-state index contributed by atoms with van der Waals surface area (Å²) in [6, 6.07) is 1.06. The molecule has 2 nitrogen and oxygen atoms in total. The average molecular weight is 318 g/mol. The van der Waals surface area contributed by atoms with Crippen molar-refractivity contribution in [2.45, 2.75) is 19.1 Å². The predicted octanol–water partition coefficient (Wildman–Crippen LogP) is 3.00. The second kappa shape index (κ2) is 5.48. The van der Waals surface area contributed by atoms with Gasteiger partial charge in [0.05, 0.1) is 19.2 Å². The number of aryl methyl sites for hydroxylation is 1. The molecule has 1 rings (SSSR count). The lowest BCUT2D eigenvalue weighted by Gasteiger charge is -2.15. The summed E-state index contributed by atoms with van der Waals surface area (Å²) in [6.07, 6.45) is -4.27. The van der Waals surface area contributed by atoms with Crippen LogP contribution in [0.2, 0.25) is 0 Å². The standard InChI is InChI=1S/C9H11BrF3NOS/c1-5-6(10)2-8(16-5)7(3-15)14-4-9(11,12)13/h2,7,14-15H,3-4H2,1H3. The van der Waals surface area contributed by atoms with Crippen LogP contribution in [-0.4, -0.2) is 24.4 Å². The number of alkyl halides is 3. The molecular formula is C9H11BrF3NOS. The molecule has 1 aromatic rings. The van der Waals surface area contributed by atoms with Gasteiger partial charge in [0.25, 0.3) is 0 Å². The van der Waals surface area contributed by atoms with Crippen molar-refractivity contribution >= 4 is 27.3 Å². The molecule has 2 N–H and O–H groups in total. The van der Waals surface area contributed by atoms with E-state index in [-0.39, 0.29) is 6.61 Å². The number of nitrogens with one attached hydrogen (secondary N) is 1. The maximum Gasteiger partial charge on any atom is 0.401 e. The molecule has 1 unspecified atom stereocenters. The van der Waals surface area contributed by atoms with E-state index < -0.39 is 18.8 Å². The first-order chi connectivity index (χ1) is 7.33. The molecule has 0 bridgehead atoms. The van der Waals surface area contributed by atoms with Gasteiger partial charge in [0, 0.05) is 14.2 Å². The molecule has 0 spiro atoms. The van der Waals surface area contributed by atoms with Crippen LogP contribution in [0.25, 0.3) is 0 Å². The van der Waals surface area contributed by atoms with Gasteiger partial charge >= 0.3 is 6.18 Å². The lowest BCUT2D eigenvalue weighted by Crippen LogP contribution is -2.33. The van der Waals surface area contributed by atoms with E-state index in [1.165, 1.54) is 11.3 Å². The van der Waals surface area contributed by atoms with E-state index in [4.69, 9.17) is 5.11 Å². The summed E-state index contributed by atoms with van der Waals surface area (Å²) in [5.41, 5.74) is 0. The van der Waals surface area contributed by atoms with Crippen molar-refractivity contribution in [3.05, 3.63) is 20.3 Å². The van der Waals surface area contributed by atoms with Gasteiger partial charge in [-0.1, -0.05) is 0 Å². The molecular weight excluding hydrogens is 307 g/mol. The molecule has 1 aromatic heterocycles. The summed E-state index contributed by atoms with van der Waals surface area (Å²) < 4.78 is 36.9. The van der Waals surface area contributed by atoms with Crippen molar-refractivity contribution in [1.82, 2.24) is 5.32 Å². The van der Waals surface area contributed by atoms with Crippen molar-refractivity contribution in [1.29, 1.82) is 0 Å². The third-order valence-electron chi connectivity index (χ3n) is 1.95. The Morgan fingerprint density at radius 1 is 1.56 bits per heavy atom. The third-order valence-corrected chi connectivity index (χ3v) is 4.20. The second-order valence-electron chi connectivity index (χ2n) is 3.28. The fourth-order valence-corrected chi connectivity index (χ4v) is 2.78. The van der Waals surface area contributed by atoms with Crippen LogP contribution in [0.4, 0.5) is 13.2 Å². The van der Waals surface area contributed by atoms with Crippen LogP contribution in [0.15, 0.2) is 10.5 Å². The Balaban J connectivity index is 2.68. The predicted molar refractivity (Wildman–Crippen MR) is 60.6 cm³/mol. The normalized spacial score (nSPS) is 14.1. The topological polar surface area (TPSA) is 32.3 Å². The Morgan fingerprint density at radius 3 is 2.56 bits per heavy atom. The molecule has 0 aromatic carbocycles. The van der Waals surface area contributed by atoms with E-state index in [2.05, 4.69) is 21.2 Å². The van der Waals surface area contributed by atoms with Gasteiger partial charge in [0.1, 0.15) is 0 Å². The number of hydrogen-bond donors (Lipinski definition) is 2. The Kier molecular flexibility index (Phi) is 4.78. The van der Waals surface area contributed by atoms with E-state index in [9.17, 15) is 13.2 Å². The molecule has 1 atom stereocenters. The highest BCUT2D eigenvalue weighted by Crippen LogP contribution is 2.30. The Hall–Kier alpha value is -0.110. The zero-order valence-electron chi connectivity index (χ0n) is 8.44. The van der Waals surface area contributed by atoms with E-state index in [0.29, 0.717) is 4.88 Å². The molecule has 0 radical (unpaired) electrons. The van der Waals surface area contributed by atoms with Crippen LogP contribution < -0.4 is 5.32 Å². The molecule has 92 valence electrons. The zero-order chi connectivity index (χ0) is 12.3. The fraction of sp³-hybridized carbons (Fsp3) is 0.556. The number of aliphatic hydroxyl groups is 1. The fourth-order valence-electron chi connectivity index (χ4n) is 1.15. The number of thiophene rings is 1. The van der Waals surface area contributed by atoms with Gasteiger partial charge in [-0.3, -0.25) is 5.32 Å². The van der Waals surface area contributed by atoms with Crippen LogP contribution in [0.5, 0.6) is 0 Å². The lowest BCUT2D eigenvalue weighted by molar-refractivity contribution is -0.126. The van der Waals surface area contributed by atoms with Gasteiger partial charge in [-0.15, -0.1) is 11.3 Å². The summed E-state index contributed by atoms with van der Waals surface area (Å²) in [7, 11) is 0. The third kappa shape index (κ3) is 4.04. The van der Waals surface area contributed by atoms with Crippen molar-refractivity contribution in [3.8, 4) is 0 Å². The Bertz CT molecular complexity index is 334. The summed E-state index contributed by atoms with van der Waals surface area (Å²) in [5.74, 6) is 0. The summed E-state index contributed by atoms with van der Waals surface area (Å²) in [4.78, 5) is 1.67. The highest BCUT2D eigenvalue weighted by Gasteiger charge is 2.28. The molecule has 16 heavy (non-hydrogen) atoms. The highest BCUT2D eigenvalue weighted by molar-refractivity contribution is 9.10. The number of halogens is 4. The van der Waals surface area contributed by atoms with Gasteiger partial charge in [0.2, 0.25) is 0 Å². The zero-order valence-corrected chi connectivity index (χ0v) is 10.8. The van der Waals surface area contributed by atoms with E-state index in [1.807, 2.05) is 6.92 Å². The Labute approximate surface area is 104 Å². The molecule has 7 heteroatoms. The van der Waals surface area contributed by atoms with E-state index in [0.717, 1.165) is 9.35 Å². The first-order valence-electron chi connectivity index (χ1n) is 4.50. The molecule has 0 aliphatic rings. The van der Waals surface area contributed by atoms with Crippen LogP contribution in [0.3, 0.4) is 0 Å².